The highest BCUT2D eigenvalue weighted by Crippen LogP contribution is 2.53. The van der Waals surface area contributed by atoms with Gasteiger partial charge in [-0.3, -0.25) is 0 Å². The Morgan fingerprint density at radius 3 is 2.38 bits per heavy atom. The minimum Gasteiger partial charge on any atom is -0.393 e. The first-order valence-corrected chi connectivity index (χ1v) is 18.0. The monoisotopic (exact) mass is 628 g/mol. The summed E-state index contributed by atoms with van der Waals surface area (Å²) in [5.74, 6) is 2.65. The van der Waals surface area contributed by atoms with E-state index in [0.717, 1.165) is 57.1 Å². The van der Waals surface area contributed by atoms with Crippen molar-refractivity contribution in [2.45, 2.75) is 55.9 Å². The van der Waals surface area contributed by atoms with Crippen LogP contribution in [0.3, 0.4) is 0 Å². The van der Waals surface area contributed by atoms with Crippen LogP contribution in [-0.2, 0) is 21.8 Å². The molecule has 3 atom stereocenters. The number of sulfone groups is 1. The molecule has 3 aliphatic rings. The number of hydrogen-bond acceptors (Lipinski definition) is 7. The van der Waals surface area contributed by atoms with Crippen molar-refractivity contribution in [1.82, 2.24) is 19.8 Å². The molecule has 1 saturated carbocycles. The second kappa shape index (κ2) is 13.5. The molecule has 1 aromatic heterocycles. The standard InChI is InChI=1S/C36H48N6O2S/c1-28-7-6-10-35(28)36(26-41-20-17-39-27-41,30-8-4-3-5-9-30)31-15-18-40(19-16-31)23-29-24-42(25-29)32-11-13-33(14-12-32)45(43,44)34(21-37)22-38-2/h3-5,8-9,11-14,17,20-22,27-29,31,35,37-38H,6-7,10,15-16,18-19,23-26H2,1-2H3/b34-22+,37-21?/t28-,35-,36?/m1/s1. The number of nitrogens with one attached hydrogen (secondary N) is 2. The molecule has 3 aromatic rings. The van der Waals surface area contributed by atoms with Crippen molar-refractivity contribution < 1.29 is 8.42 Å². The van der Waals surface area contributed by atoms with E-state index >= 15 is 0 Å². The molecular formula is C36H48N6O2S. The summed E-state index contributed by atoms with van der Waals surface area (Å²) in [5.41, 5.74) is 2.67. The normalized spacial score (nSPS) is 23.4. The third-order valence-corrected chi connectivity index (χ3v) is 12.6. The van der Waals surface area contributed by atoms with E-state index in [4.69, 9.17) is 5.41 Å². The average molecular weight is 629 g/mol. The molecule has 3 fully saturated rings. The summed E-state index contributed by atoms with van der Waals surface area (Å²) in [7, 11) is -2.08. The Bertz CT molecular complexity index is 1540. The van der Waals surface area contributed by atoms with Crippen LogP contribution < -0.4 is 10.2 Å². The van der Waals surface area contributed by atoms with E-state index in [1.807, 2.05) is 24.7 Å². The van der Waals surface area contributed by atoms with Crippen LogP contribution in [0.1, 0.15) is 44.6 Å². The van der Waals surface area contributed by atoms with Crippen LogP contribution in [0, 0.1) is 29.1 Å². The summed E-state index contributed by atoms with van der Waals surface area (Å²) in [5, 5.41) is 10.2. The lowest BCUT2D eigenvalue weighted by Crippen LogP contribution is -2.54. The summed E-state index contributed by atoms with van der Waals surface area (Å²) in [4.78, 5) is 9.61. The fraction of sp³-hybridized carbons (Fsp3) is 0.500. The molecule has 240 valence electrons. The average Bonchev–Trinajstić information content (AvgIpc) is 3.73. The van der Waals surface area contributed by atoms with E-state index in [2.05, 4.69) is 68.1 Å². The van der Waals surface area contributed by atoms with Gasteiger partial charge >= 0.3 is 0 Å². The molecule has 0 amide bonds. The maximum absolute atomic E-state index is 12.8. The number of aromatic nitrogens is 2. The third-order valence-electron chi connectivity index (χ3n) is 10.9. The molecule has 1 aliphatic carbocycles. The number of anilines is 1. The molecule has 1 unspecified atom stereocenters. The highest BCUT2D eigenvalue weighted by atomic mass is 32.2. The second-order valence-corrected chi connectivity index (χ2v) is 15.4. The Balaban J connectivity index is 1.09. The molecule has 2 saturated heterocycles. The molecule has 2 aliphatic heterocycles. The Kier molecular flexibility index (Phi) is 9.47. The van der Waals surface area contributed by atoms with Crippen molar-refractivity contribution in [2.75, 3.05) is 44.7 Å². The van der Waals surface area contributed by atoms with Gasteiger partial charge in [0.25, 0.3) is 0 Å². The number of likely N-dealkylation sites (tertiary alicyclic amines) is 1. The lowest BCUT2D eigenvalue weighted by Gasteiger charge is -2.51. The fourth-order valence-corrected chi connectivity index (χ4v) is 9.83. The highest BCUT2D eigenvalue weighted by molar-refractivity contribution is 7.96. The first-order valence-electron chi connectivity index (χ1n) is 16.6. The second-order valence-electron chi connectivity index (χ2n) is 13.5. The summed E-state index contributed by atoms with van der Waals surface area (Å²) in [6, 6.07) is 18.5. The number of allylic oxidation sites excluding steroid dienone is 1. The van der Waals surface area contributed by atoms with Gasteiger partial charge < -0.3 is 25.1 Å². The third kappa shape index (κ3) is 6.34. The van der Waals surface area contributed by atoms with E-state index in [1.165, 1.54) is 43.9 Å². The predicted octanol–water partition coefficient (Wildman–Crippen LogP) is 5.59. The lowest BCUT2D eigenvalue weighted by molar-refractivity contribution is 0.0517. The first kappa shape index (κ1) is 31.5. The largest absolute Gasteiger partial charge is 0.393 e. The van der Waals surface area contributed by atoms with Gasteiger partial charge in [0.2, 0.25) is 9.84 Å². The van der Waals surface area contributed by atoms with Crippen LogP contribution in [0.25, 0.3) is 0 Å². The van der Waals surface area contributed by atoms with Crippen molar-refractivity contribution >= 4 is 21.7 Å². The van der Waals surface area contributed by atoms with Crippen molar-refractivity contribution in [2.24, 2.45) is 23.7 Å². The first-order chi connectivity index (χ1) is 21.8. The van der Waals surface area contributed by atoms with Gasteiger partial charge in [-0.05, 0) is 79.9 Å². The maximum Gasteiger partial charge on any atom is 0.209 e. The number of hydrogen-bond donors (Lipinski definition) is 2. The molecule has 2 N–H and O–H groups in total. The quantitative estimate of drug-likeness (QED) is 0.254. The van der Waals surface area contributed by atoms with Crippen LogP contribution >= 0.6 is 0 Å². The van der Waals surface area contributed by atoms with Crippen LogP contribution in [0.4, 0.5) is 5.69 Å². The summed E-state index contributed by atoms with van der Waals surface area (Å²) >= 11 is 0. The minimum absolute atomic E-state index is 0.0500. The Hall–Kier alpha value is -3.43. The van der Waals surface area contributed by atoms with E-state index < -0.39 is 9.84 Å². The van der Waals surface area contributed by atoms with E-state index in [1.54, 1.807) is 19.2 Å². The molecule has 0 radical (unpaired) electrons. The molecule has 9 heteroatoms. The molecule has 3 heterocycles. The van der Waals surface area contributed by atoms with Crippen LogP contribution in [0.2, 0.25) is 0 Å². The topological polar surface area (TPSA) is 94.3 Å². The van der Waals surface area contributed by atoms with Gasteiger partial charge in [-0.1, -0.05) is 50.1 Å². The summed E-state index contributed by atoms with van der Waals surface area (Å²) in [6.45, 7) is 8.88. The zero-order chi connectivity index (χ0) is 31.4. The van der Waals surface area contributed by atoms with Gasteiger partial charge in [0, 0.05) is 75.1 Å². The molecule has 0 bridgehead atoms. The Labute approximate surface area is 269 Å². The van der Waals surface area contributed by atoms with Gasteiger partial charge in [0.15, 0.2) is 0 Å². The van der Waals surface area contributed by atoms with Gasteiger partial charge in [0.1, 0.15) is 4.91 Å². The number of piperidine rings is 1. The van der Waals surface area contributed by atoms with Crippen molar-refractivity contribution in [1.29, 1.82) is 5.41 Å². The number of nitrogens with zero attached hydrogens (tertiary/aromatic N) is 4. The van der Waals surface area contributed by atoms with E-state index in [-0.39, 0.29) is 15.2 Å². The predicted molar refractivity (Wildman–Crippen MR) is 181 cm³/mol. The lowest BCUT2D eigenvalue weighted by atomic mass is 9.57. The van der Waals surface area contributed by atoms with E-state index in [0.29, 0.717) is 17.8 Å². The van der Waals surface area contributed by atoms with Gasteiger partial charge in [-0.25, -0.2) is 13.4 Å². The molecule has 2 aromatic carbocycles. The summed E-state index contributed by atoms with van der Waals surface area (Å²) < 4.78 is 28.0. The molecule has 0 spiro atoms. The Morgan fingerprint density at radius 2 is 1.78 bits per heavy atom. The molecule has 45 heavy (non-hydrogen) atoms. The van der Waals surface area contributed by atoms with Gasteiger partial charge in [-0.15, -0.1) is 0 Å². The number of rotatable bonds is 12. The number of imidazole rings is 1. The SMILES string of the molecule is CN/C=C(\C=N)S(=O)(=O)c1ccc(N2CC(CN3CCC(C(Cn4ccnc4)(c4ccccc4)[C@@H]4CCC[C@H]4C)CC3)C2)cc1. The van der Waals surface area contributed by atoms with Crippen LogP contribution in [0.5, 0.6) is 0 Å². The zero-order valence-corrected chi connectivity index (χ0v) is 27.5. The maximum atomic E-state index is 12.8. The Morgan fingerprint density at radius 1 is 1.04 bits per heavy atom. The summed E-state index contributed by atoms with van der Waals surface area (Å²) in [6.07, 6.45) is 14.7. The smallest absolute Gasteiger partial charge is 0.209 e. The fourth-order valence-electron chi connectivity index (χ4n) is 8.63. The zero-order valence-electron chi connectivity index (χ0n) is 26.7. The highest BCUT2D eigenvalue weighted by Gasteiger charge is 2.50. The minimum atomic E-state index is -3.71. The van der Waals surface area contributed by atoms with Crippen LogP contribution in [0.15, 0.2) is 89.3 Å². The number of benzene rings is 2. The van der Waals surface area contributed by atoms with Crippen LogP contribution in [-0.4, -0.2) is 68.9 Å². The molecular weight excluding hydrogens is 581 g/mol. The molecule has 8 nitrogen and oxygen atoms in total. The van der Waals surface area contributed by atoms with Crippen molar-refractivity contribution in [3.8, 4) is 0 Å². The van der Waals surface area contributed by atoms with Gasteiger partial charge in [-0.2, -0.15) is 0 Å². The van der Waals surface area contributed by atoms with E-state index in [9.17, 15) is 8.42 Å². The van der Waals surface area contributed by atoms with Crippen molar-refractivity contribution in [3.63, 3.8) is 0 Å². The van der Waals surface area contributed by atoms with Crippen molar-refractivity contribution in [3.05, 3.63) is 90.0 Å². The molecule has 6 rings (SSSR count). The van der Waals surface area contributed by atoms with Gasteiger partial charge in [0.05, 0.1) is 11.2 Å².